The second-order valence-corrected chi connectivity index (χ2v) is 9.62. The molecular formula is C25H35N5O. The molecule has 6 heteroatoms. The Morgan fingerprint density at radius 2 is 1.74 bits per heavy atom. The van der Waals surface area contributed by atoms with Crippen LogP contribution in [0, 0.1) is 5.92 Å². The number of pyridine rings is 1. The van der Waals surface area contributed by atoms with Crippen LogP contribution in [0.25, 0.3) is 11.4 Å². The third-order valence-corrected chi connectivity index (χ3v) is 7.11. The van der Waals surface area contributed by atoms with Crippen LogP contribution in [0.1, 0.15) is 50.8 Å². The number of hydrogen-bond acceptors (Lipinski definition) is 6. The number of hydrogen-bond donors (Lipinski definition) is 0. The minimum Gasteiger partial charge on any atom is -0.373 e. The number of nitrogens with zero attached hydrogens (tertiary/aromatic N) is 5. The molecule has 2 aromatic heterocycles. The number of anilines is 1. The molecule has 4 heterocycles. The van der Waals surface area contributed by atoms with E-state index in [9.17, 15) is 0 Å². The summed E-state index contributed by atoms with van der Waals surface area (Å²) in [7, 11) is 0. The van der Waals surface area contributed by atoms with E-state index in [0.717, 1.165) is 56.3 Å². The molecule has 0 amide bonds. The predicted molar refractivity (Wildman–Crippen MR) is 123 cm³/mol. The van der Waals surface area contributed by atoms with Gasteiger partial charge >= 0.3 is 0 Å². The molecule has 2 atom stereocenters. The van der Waals surface area contributed by atoms with Crippen molar-refractivity contribution in [1.82, 2.24) is 19.9 Å². The summed E-state index contributed by atoms with van der Waals surface area (Å²) in [5, 5.41) is 0. The molecule has 2 aliphatic heterocycles. The largest absolute Gasteiger partial charge is 0.373 e. The lowest BCUT2D eigenvalue weighted by atomic mass is 9.93. The monoisotopic (exact) mass is 421 g/mol. The molecule has 2 aromatic rings. The first-order valence-electron chi connectivity index (χ1n) is 12.1. The second-order valence-electron chi connectivity index (χ2n) is 9.62. The molecule has 2 unspecified atom stereocenters. The number of aromatic nitrogens is 3. The molecule has 2 saturated heterocycles. The van der Waals surface area contributed by atoms with Crippen molar-refractivity contribution < 1.29 is 4.74 Å². The molecule has 0 saturated carbocycles. The molecule has 5 rings (SSSR count). The van der Waals surface area contributed by atoms with Crippen molar-refractivity contribution >= 4 is 5.82 Å². The number of fused-ring (bicyclic) bond motifs is 1. The zero-order chi connectivity index (χ0) is 21.2. The van der Waals surface area contributed by atoms with Crippen molar-refractivity contribution in [3.05, 3.63) is 35.8 Å². The van der Waals surface area contributed by atoms with Gasteiger partial charge in [-0.3, -0.25) is 9.88 Å². The third kappa shape index (κ3) is 4.75. The molecule has 3 aliphatic rings. The van der Waals surface area contributed by atoms with Crippen molar-refractivity contribution in [2.75, 3.05) is 37.6 Å². The van der Waals surface area contributed by atoms with Crippen LogP contribution in [-0.4, -0.2) is 64.8 Å². The normalized spacial score (nSPS) is 25.0. The van der Waals surface area contributed by atoms with Gasteiger partial charge in [0.2, 0.25) is 0 Å². The Hall–Kier alpha value is -2.05. The summed E-state index contributed by atoms with van der Waals surface area (Å²) in [4.78, 5) is 19.3. The van der Waals surface area contributed by atoms with Crippen molar-refractivity contribution in [3.8, 4) is 11.4 Å². The minimum atomic E-state index is 0.361. The number of rotatable bonds is 5. The topological polar surface area (TPSA) is 54.4 Å². The van der Waals surface area contributed by atoms with E-state index in [1.807, 2.05) is 24.5 Å². The Morgan fingerprint density at radius 3 is 2.48 bits per heavy atom. The lowest BCUT2D eigenvalue weighted by Gasteiger charge is -2.38. The standard InChI is InChI=1S/C25H35N5O/c1-18-16-29(17-19(2)31-18)13-8-20-9-14-30(15-10-20)25-22-4-3-5-23(22)27-24(28-25)21-6-11-26-12-7-21/h6-7,11-12,18-20H,3-5,8-10,13-17H2,1-2H3. The van der Waals surface area contributed by atoms with Gasteiger partial charge < -0.3 is 9.64 Å². The molecule has 1 aliphatic carbocycles. The first kappa shape index (κ1) is 20.8. The summed E-state index contributed by atoms with van der Waals surface area (Å²) in [5.41, 5.74) is 3.72. The maximum atomic E-state index is 5.89. The maximum Gasteiger partial charge on any atom is 0.161 e. The van der Waals surface area contributed by atoms with E-state index in [-0.39, 0.29) is 0 Å². The Bertz CT molecular complexity index is 871. The zero-order valence-corrected chi connectivity index (χ0v) is 19.0. The lowest BCUT2D eigenvalue weighted by molar-refractivity contribution is -0.0690. The van der Waals surface area contributed by atoms with Crippen LogP contribution in [0.3, 0.4) is 0 Å². The number of piperidine rings is 1. The fraction of sp³-hybridized carbons (Fsp3) is 0.640. The van der Waals surface area contributed by atoms with Gasteiger partial charge in [-0.1, -0.05) is 0 Å². The van der Waals surface area contributed by atoms with E-state index in [2.05, 4.69) is 28.6 Å². The number of ether oxygens (including phenoxy) is 1. The maximum absolute atomic E-state index is 5.89. The fourth-order valence-electron chi connectivity index (χ4n) is 5.57. The molecule has 2 fully saturated rings. The minimum absolute atomic E-state index is 0.361. The van der Waals surface area contributed by atoms with E-state index >= 15 is 0 Å². The van der Waals surface area contributed by atoms with Crippen LogP contribution in [0.5, 0.6) is 0 Å². The molecule has 6 nitrogen and oxygen atoms in total. The van der Waals surface area contributed by atoms with Gasteiger partial charge in [0.25, 0.3) is 0 Å². The molecular weight excluding hydrogens is 386 g/mol. The van der Waals surface area contributed by atoms with Gasteiger partial charge in [0.15, 0.2) is 5.82 Å². The highest BCUT2D eigenvalue weighted by Crippen LogP contribution is 2.34. The Morgan fingerprint density at radius 1 is 1.00 bits per heavy atom. The summed E-state index contributed by atoms with van der Waals surface area (Å²) in [6.07, 6.45) is 11.6. The Kier molecular flexibility index (Phi) is 6.19. The van der Waals surface area contributed by atoms with Crippen molar-refractivity contribution in [2.45, 2.75) is 64.6 Å². The molecule has 0 spiro atoms. The van der Waals surface area contributed by atoms with Crippen LogP contribution < -0.4 is 4.90 Å². The summed E-state index contributed by atoms with van der Waals surface area (Å²) in [5.74, 6) is 2.87. The van der Waals surface area contributed by atoms with Crippen molar-refractivity contribution in [2.24, 2.45) is 5.92 Å². The van der Waals surface area contributed by atoms with Gasteiger partial charge in [-0.25, -0.2) is 9.97 Å². The van der Waals surface area contributed by atoms with E-state index in [1.165, 1.54) is 49.3 Å². The van der Waals surface area contributed by atoms with Crippen LogP contribution in [0.15, 0.2) is 24.5 Å². The predicted octanol–water partition coefficient (Wildman–Crippen LogP) is 3.74. The smallest absolute Gasteiger partial charge is 0.161 e. The third-order valence-electron chi connectivity index (χ3n) is 7.11. The van der Waals surface area contributed by atoms with Gasteiger partial charge in [-0.15, -0.1) is 0 Å². The first-order valence-corrected chi connectivity index (χ1v) is 12.1. The van der Waals surface area contributed by atoms with Gasteiger partial charge in [-0.2, -0.15) is 0 Å². The molecule has 31 heavy (non-hydrogen) atoms. The van der Waals surface area contributed by atoms with Crippen LogP contribution >= 0.6 is 0 Å². The summed E-state index contributed by atoms with van der Waals surface area (Å²) < 4.78 is 5.89. The molecule has 0 aromatic carbocycles. The van der Waals surface area contributed by atoms with E-state index in [1.54, 1.807) is 0 Å². The molecule has 0 N–H and O–H groups in total. The first-order chi connectivity index (χ1) is 15.2. The van der Waals surface area contributed by atoms with Gasteiger partial charge in [0.05, 0.1) is 12.2 Å². The zero-order valence-electron chi connectivity index (χ0n) is 19.0. The fourth-order valence-corrected chi connectivity index (χ4v) is 5.57. The summed E-state index contributed by atoms with van der Waals surface area (Å²) in [6.45, 7) is 9.97. The van der Waals surface area contributed by atoms with E-state index < -0.39 is 0 Å². The average Bonchev–Trinajstić information content (AvgIpc) is 3.26. The Balaban J connectivity index is 1.23. The highest BCUT2D eigenvalue weighted by atomic mass is 16.5. The quantitative estimate of drug-likeness (QED) is 0.733. The summed E-state index contributed by atoms with van der Waals surface area (Å²) >= 11 is 0. The van der Waals surface area contributed by atoms with Crippen molar-refractivity contribution in [1.29, 1.82) is 0 Å². The molecule has 0 bridgehead atoms. The number of aryl methyl sites for hydroxylation is 1. The highest BCUT2D eigenvalue weighted by Gasteiger charge is 2.28. The Labute approximate surface area is 186 Å². The van der Waals surface area contributed by atoms with Crippen LogP contribution in [-0.2, 0) is 17.6 Å². The summed E-state index contributed by atoms with van der Waals surface area (Å²) in [6, 6.07) is 4.03. The molecule has 0 radical (unpaired) electrons. The van der Waals surface area contributed by atoms with Gasteiger partial charge in [0, 0.05) is 55.4 Å². The number of morpholine rings is 1. The highest BCUT2D eigenvalue weighted by molar-refractivity contribution is 5.61. The van der Waals surface area contributed by atoms with E-state index in [0.29, 0.717) is 12.2 Å². The second kappa shape index (κ2) is 9.21. The molecule has 166 valence electrons. The van der Waals surface area contributed by atoms with Crippen LogP contribution in [0.4, 0.5) is 5.82 Å². The van der Waals surface area contributed by atoms with E-state index in [4.69, 9.17) is 14.7 Å². The van der Waals surface area contributed by atoms with Gasteiger partial charge in [0.1, 0.15) is 5.82 Å². The lowest BCUT2D eigenvalue weighted by Crippen LogP contribution is -2.46. The van der Waals surface area contributed by atoms with Gasteiger partial charge in [-0.05, 0) is 77.0 Å². The van der Waals surface area contributed by atoms with Crippen molar-refractivity contribution in [3.63, 3.8) is 0 Å². The average molecular weight is 422 g/mol. The SMILES string of the molecule is CC1CN(CCC2CCN(c3nc(-c4ccncc4)nc4c3CCC4)CC2)CC(C)O1. The van der Waals surface area contributed by atoms with Crippen LogP contribution in [0.2, 0.25) is 0 Å².